The summed E-state index contributed by atoms with van der Waals surface area (Å²) in [6.45, 7) is 2.79. The highest BCUT2D eigenvalue weighted by Crippen LogP contribution is 2.29. The number of benzene rings is 1. The van der Waals surface area contributed by atoms with Crippen LogP contribution in [0.3, 0.4) is 0 Å². The topological polar surface area (TPSA) is 104 Å². The third-order valence-corrected chi connectivity index (χ3v) is 5.70. The van der Waals surface area contributed by atoms with E-state index in [2.05, 4.69) is 36.1 Å². The Hall–Kier alpha value is -4.37. The fourth-order valence-corrected chi connectivity index (χ4v) is 4.19. The number of aromatic nitrogens is 8. The molecule has 9 heteroatoms. The number of para-hydroxylation sites is 1. The molecule has 0 bridgehead atoms. The van der Waals surface area contributed by atoms with Crippen molar-refractivity contribution in [3.05, 3.63) is 72.6 Å². The maximum absolute atomic E-state index is 4.93. The normalized spacial score (nSPS) is 11.8. The maximum atomic E-state index is 4.93. The van der Waals surface area contributed by atoms with Gasteiger partial charge in [-0.2, -0.15) is 5.10 Å². The van der Waals surface area contributed by atoms with Crippen molar-refractivity contribution in [3.8, 4) is 28.5 Å². The van der Waals surface area contributed by atoms with E-state index in [1.807, 2.05) is 74.5 Å². The van der Waals surface area contributed by atoms with Crippen LogP contribution in [-0.2, 0) is 6.54 Å². The Kier molecular flexibility index (Phi) is 4.70. The summed E-state index contributed by atoms with van der Waals surface area (Å²) in [5.74, 6) is 0.662. The molecule has 6 rings (SSSR count). The van der Waals surface area contributed by atoms with Crippen LogP contribution in [0.1, 0.15) is 11.3 Å². The van der Waals surface area contributed by atoms with E-state index in [1.54, 1.807) is 6.33 Å². The lowest BCUT2D eigenvalue weighted by Crippen LogP contribution is -2.10. The van der Waals surface area contributed by atoms with E-state index in [9.17, 15) is 0 Å². The molecule has 168 valence electrons. The first-order valence-corrected chi connectivity index (χ1v) is 11.0. The Morgan fingerprint density at radius 1 is 1.00 bits per heavy atom. The highest BCUT2D eigenvalue weighted by atomic mass is 15.2. The van der Waals surface area contributed by atoms with Crippen molar-refractivity contribution in [2.45, 2.75) is 13.5 Å². The zero-order valence-corrected chi connectivity index (χ0v) is 19.1. The smallest absolute Gasteiger partial charge is 0.161 e. The van der Waals surface area contributed by atoms with Gasteiger partial charge in [0.15, 0.2) is 11.5 Å². The molecule has 0 unspecified atom stereocenters. The van der Waals surface area contributed by atoms with E-state index in [1.165, 1.54) is 0 Å². The van der Waals surface area contributed by atoms with Crippen molar-refractivity contribution in [3.63, 3.8) is 0 Å². The highest BCUT2D eigenvalue weighted by molar-refractivity contribution is 5.93. The molecule has 5 heterocycles. The summed E-state index contributed by atoms with van der Waals surface area (Å²) >= 11 is 0. The fraction of sp³-hybridized carbons (Fsp3) is 0.160. The van der Waals surface area contributed by atoms with Crippen LogP contribution in [0.5, 0.6) is 0 Å². The van der Waals surface area contributed by atoms with Crippen LogP contribution >= 0.6 is 0 Å². The number of fused-ring (bicyclic) bond motifs is 2. The second-order valence-corrected chi connectivity index (χ2v) is 8.67. The number of imidazole rings is 2. The van der Waals surface area contributed by atoms with Crippen molar-refractivity contribution in [2.24, 2.45) is 0 Å². The summed E-state index contributed by atoms with van der Waals surface area (Å²) in [5, 5.41) is 7.62. The molecular weight excluding hydrogens is 426 g/mol. The molecular formula is C25H23N9. The number of nitrogens with one attached hydrogen (secondary N) is 2. The zero-order valence-electron chi connectivity index (χ0n) is 19.1. The van der Waals surface area contributed by atoms with Gasteiger partial charge in [-0.1, -0.05) is 6.07 Å². The Balaban J connectivity index is 1.45. The van der Waals surface area contributed by atoms with Gasteiger partial charge >= 0.3 is 0 Å². The predicted octanol–water partition coefficient (Wildman–Crippen LogP) is 4.12. The molecule has 0 saturated heterocycles. The summed E-state index contributed by atoms with van der Waals surface area (Å²) in [6, 6.07) is 12.1. The third-order valence-electron chi connectivity index (χ3n) is 5.70. The summed E-state index contributed by atoms with van der Waals surface area (Å²) in [7, 11) is 4.09. The molecule has 9 nitrogen and oxygen atoms in total. The molecule has 6 aromatic rings. The SMILES string of the molecule is Cc1cn(-c2cccc3[nH]c(-c4n[nH]c5ccc(-c6cncc(CN(C)C)c6)nc45)nc23)cn1. The predicted molar refractivity (Wildman–Crippen MR) is 131 cm³/mol. The molecule has 0 radical (unpaired) electrons. The second-order valence-electron chi connectivity index (χ2n) is 8.67. The van der Waals surface area contributed by atoms with E-state index in [0.29, 0.717) is 11.5 Å². The third kappa shape index (κ3) is 3.52. The van der Waals surface area contributed by atoms with Crippen LogP contribution in [-0.4, -0.2) is 58.7 Å². The van der Waals surface area contributed by atoms with Crippen LogP contribution in [0.25, 0.3) is 50.5 Å². The quantitative estimate of drug-likeness (QED) is 0.410. The number of pyridine rings is 2. The van der Waals surface area contributed by atoms with Gasteiger partial charge in [-0.15, -0.1) is 0 Å². The number of rotatable bonds is 5. The molecule has 0 spiro atoms. The molecule has 5 aromatic heterocycles. The lowest BCUT2D eigenvalue weighted by Gasteiger charge is -2.10. The van der Waals surface area contributed by atoms with Gasteiger partial charge in [0.2, 0.25) is 0 Å². The average Bonchev–Trinajstić information content (AvgIpc) is 3.55. The number of aryl methyl sites for hydroxylation is 1. The van der Waals surface area contributed by atoms with E-state index in [0.717, 1.165) is 56.8 Å². The van der Waals surface area contributed by atoms with E-state index in [-0.39, 0.29) is 0 Å². The van der Waals surface area contributed by atoms with Crippen molar-refractivity contribution in [2.75, 3.05) is 14.1 Å². The largest absolute Gasteiger partial charge is 0.336 e. The lowest BCUT2D eigenvalue weighted by molar-refractivity contribution is 0.402. The first kappa shape index (κ1) is 20.3. The summed E-state index contributed by atoms with van der Waals surface area (Å²) in [4.78, 5) is 24.1. The van der Waals surface area contributed by atoms with Gasteiger partial charge in [-0.25, -0.2) is 15.0 Å². The van der Waals surface area contributed by atoms with Crippen molar-refractivity contribution < 1.29 is 0 Å². The summed E-state index contributed by atoms with van der Waals surface area (Å²) in [5.41, 5.74) is 8.91. The number of aromatic amines is 2. The second kappa shape index (κ2) is 7.89. The van der Waals surface area contributed by atoms with Gasteiger partial charge in [0, 0.05) is 30.7 Å². The molecule has 0 atom stereocenters. The molecule has 0 amide bonds. The molecule has 0 aliphatic heterocycles. The number of hydrogen-bond donors (Lipinski definition) is 2. The van der Waals surface area contributed by atoms with Gasteiger partial charge in [0.1, 0.15) is 11.0 Å². The number of hydrogen-bond acceptors (Lipinski definition) is 6. The minimum atomic E-state index is 0.662. The van der Waals surface area contributed by atoms with E-state index in [4.69, 9.17) is 9.97 Å². The van der Waals surface area contributed by atoms with Crippen molar-refractivity contribution in [1.29, 1.82) is 0 Å². The lowest BCUT2D eigenvalue weighted by atomic mass is 10.1. The van der Waals surface area contributed by atoms with Gasteiger partial charge in [0.05, 0.1) is 34.4 Å². The van der Waals surface area contributed by atoms with Gasteiger partial charge in [-0.3, -0.25) is 10.1 Å². The molecule has 0 saturated carbocycles. The van der Waals surface area contributed by atoms with Crippen LogP contribution in [0.2, 0.25) is 0 Å². The van der Waals surface area contributed by atoms with Gasteiger partial charge < -0.3 is 14.5 Å². The standard InChI is InChI=1S/C25H23N9/c1-15-12-34(14-27-15)21-6-4-5-19-22(21)30-25(29-19)24-23-20(31-32-24)8-7-18(28-23)17-9-16(10-26-11-17)13-33(2)3/h4-12,14H,13H2,1-3H3,(H,29,30)(H,31,32). The van der Waals surface area contributed by atoms with Crippen LogP contribution in [0.15, 0.2) is 61.3 Å². The monoisotopic (exact) mass is 449 g/mol. The minimum absolute atomic E-state index is 0.662. The first-order chi connectivity index (χ1) is 16.5. The van der Waals surface area contributed by atoms with Crippen molar-refractivity contribution >= 4 is 22.1 Å². The van der Waals surface area contributed by atoms with E-state index < -0.39 is 0 Å². The molecule has 2 N–H and O–H groups in total. The van der Waals surface area contributed by atoms with Crippen molar-refractivity contribution in [1.82, 2.24) is 44.6 Å². The number of nitrogens with zero attached hydrogens (tertiary/aromatic N) is 7. The molecule has 1 aromatic carbocycles. The Bertz CT molecular complexity index is 1640. The Labute approximate surface area is 195 Å². The first-order valence-electron chi connectivity index (χ1n) is 11.0. The summed E-state index contributed by atoms with van der Waals surface area (Å²) < 4.78 is 1.98. The number of H-pyrrole nitrogens is 2. The average molecular weight is 450 g/mol. The van der Waals surface area contributed by atoms with Gasteiger partial charge in [-0.05, 0) is 56.9 Å². The van der Waals surface area contributed by atoms with Crippen LogP contribution in [0.4, 0.5) is 0 Å². The Morgan fingerprint density at radius 3 is 2.74 bits per heavy atom. The summed E-state index contributed by atoms with van der Waals surface area (Å²) in [6.07, 6.45) is 7.51. The molecule has 0 aliphatic rings. The van der Waals surface area contributed by atoms with Crippen LogP contribution in [0, 0.1) is 6.92 Å². The van der Waals surface area contributed by atoms with Gasteiger partial charge in [0.25, 0.3) is 0 Å². The zero-order chi connectivity index (χ0) is 23.2. The highest BCUT2D eigenvalue weighted by Gasteiger charge is 2.17. The molecule has 0 fully saturated rings. The molecule has 34 heavy (non-hydrogen) atoms. The maximum Gasteiger partial charge on any atom is 0.161 e. The van der Waals surface area contributed by atoms with Crippen LogP contribution < -0.4 is 0 Å². The van der Waals surface area contributed by atoms with E-state index >= 15 is 0 Å². The Morgan fingerprint density at radius 2 is 1.91 bits per heavy atom. The fourth-order valence-electron chi connectivity index (χ4n) is 4.19. The minimum Gasteiger partial charge on any atom is -0.336 e. The molecule has 0 aliphatic carbocycles.